The second kappa shape index (κ2) is 5.89. The van der Waals surface area contributed by atoms with E-state index >= 15 is 0 Å². The number of hydrogen-bond acceptors (Lipinski definition) is 6. The summed E-state index contributed by atoms with van der Waals surface area (Å²) in [5.41, 5.74) is 1.25. The summed E-state index contributed by atoms with van der Waals surface area (Å²) < 4.78 is 15.8. The molecule has 0 bridgehead atoms. The lowest BCUT2D eigenvalue weighted by atomic mass is 10.1. The van der Waals surface area contributed by atoms with E-state index in [1.54, 1.807) is 24.3 Å². The molecule has 1 atom stereocenters. The highest BCUT2D eigenvalue weighted by Gasteiger charge is 2.36. The molecule has 3 rings (SSSR count). The van der Waals surface area contributed by atoms with Crippen LogP contribution in [0, 0.1) is 0 Å². The van der Waals surface area contributed by atoms with Gasteiger partial charge < -0.3 is 24.6 Å². The number of benzene rings is 2. The third-order valence-corrected chi connectivity index (χ3v) is 3.77. The molecule has 7 heteroatoms. The summed E-state index contributed by atoms with van der Waals surface area (Å²) in [7, 11) is 2.94. The summed E-state index contributed by atoms with van der Waals surface area (Å²) in [6, 6.07) is 7.96. The van der Waals surface area contributed by atoms with Crippen LogP contribution < -0.4 is 14.8 Å². The minimum absolute atomic E-state index is 0.000578. The van der Waals surface area contributed by atoms with E-state index < -0.39 is 12.2 Å². The van der Waals surface area contributed by atoms with Crippen molar-refractivity contribution in [3.05, 3.63) is 46.5 Å². The van der Waals surface area contributed by atoms with E-state index in [2.05, 4.69) is 5.32 Å². The van der Waals surface area contributed by atoms with E-state index in [1.165, 1.54) is 20.3 Å². The highest BCUT2D eigenvalue weighted by Crippen LogP contribution is 2.42. The molecule has 0 amide bonds. The van der Waals surface area contributed by atoms with Gasteiger partial charge in [-0.05, 0) is 30.3 Å². The minimum Gasteiger partial charge on any atom is -0.506 e. The zero-order chi connectivity index (χ0) is 16.6. The molecule has 0 aliphatic carbocycles. The molecular formula is C16H14ClNO5. The van der Waals surface area contributed by atoms with Crippen LogP contribution in [0.25, 0.3) is 0 Å². The molecule has 1 aliphatic rings. The molecule has 0 aromatic heterocycles. The number of ether oxygens (including phenoxy) is 3. The molecule has 23 heavy (non-hydrogen) atoms. The molecule has 0 saturated carbocycles. The summed E-state index contributed by atoms with van der Waals surface area (Å²) in [4.78, 5) is 12.2. The lowest BCUT2D eigenvalue weighted by Crippen LogP contribution is -2.10. The quantitative estimate of drug-likeness (QED) is 0.659. The number of phenols is 1. The fourth-order valence-electron chi connectivity index (χ4n) is 2.47. The average Bonchev–Trinajstić information content (AvgIpc) is 2.86. The van der Waals surface area contributed by atoms with Crippen molar-refractivity contribution < 1.29 is 24.1 Å². The maximum Gasteiger partial charge on any atom is 0.344 e. The van der Waals surface area contributed by atoms with Crippen molar-refractivity contribution in [2.75, 3.05) is 19.5 Å². The van der Waals surface area contributed by atoms with Gasteiger partial charge in [0.1, 0.15) is 11.3 Å². The largest absolute Gasteiger partial charge is 0.506 e. The number of carbonyl (C=O) groups excluding carboxylic acids is 1. The van der Waals surface area contributed by atoms with Gasteiger partial charge in [0.25, 0.3) is 0 Å². The normalized spacial score (nSPS) is 15.8. The van der Waals surface area contributed by atoms with E-state index in [9.17, 15) is 9.90 Å². The molecule has 0 spiro atoms. The van der Waals surface area contributed by atoms with Crippen molar-refractivity contribution in [3.63, 3.8) is 0 Å². The lowest BCUT2D eigenvalue weighted by molar-refractivity contribution is 0.0434. The van der Waals surface area contributed by atoms with Crippen LogP contribution in [-0.4, -0.2) is 25.3 Å². The number of anilines is 1. The molecule has 1 aliphatic heterocycles. The Morgan fingerprint density at radius 2 is 2.00 bits per heavy atom. The molecule has 2 aromatic carbocycles. The summed E-state index contributed by atoms with van der Waals surface area (Å²) >= 11 is 5.92. The van der Waals surface area contributed by atoms with Crippen LogP contribution in [-0.2, 0) is 4.74 Å². The van der Waals surface area contributed by atoms with E-state index in [4.69, 9.17) is 25.8 Å². The van der Waals surface area contributed by atoms with Crippen LogP contribution in [0.2, 0.25) is 5.02 Å². The Hall–Kier alpha value is -2.60. The zero-order valence-electron chi connectivity index (χ0n) is 12.4. The van der Waals surface area contributed by atoms with Crippen molar-refractivity contribution in [1.82, 2.24) is 0 Å². The van der Waals surface area contributed by atoms with Crippen LogP contribution in [0.15, 0.2) is 30.3 Å². The Balaban J connectivity index is 2.00. The van der Waals surface area contributed by atoms with Gasteiger partial charge in [0.2, 0.25) is 6.23 Å². The summed E-state index contributed by atoms with van der Waals surface area (Å²) in [6.45, 7) is 0. The maximum absolute atomic E-state index is 12.2. The van der Waals surface area contributed by atoms with Crippen molar-refractivity contribution >= 4 is 23.3 Å². The number of phenolic OH excluding ortho intramolecular Hbond substituents is 1. The standard InChI is InChI=1S/C16H14ClNO5/c1-21-12-6-4-9-13(14(12)22-2)16(20)23-15(9)18-10-7-8(17)3-5-11(10)19/h3-7,15,18-19H,1-2H3/t15-/m1/s1. The van der Waals surface area contributed by atoms with Crippen molar-refractivity contribution in [3.8, 4) is 17.2 Å². The van der Waals surface area contributed by atoms with Gasteiger partial charge in [0.05, 0.1) is 19.9 Å². The molecule has 0 radical (unpaired) electrons. The van der Waals surface area contributed by atoms with Crippen molar-refractivity contribution in [1.29, 1.82) is 0 Å². The highest BCUT2D eigenvalue weighted by molar-refractivity contribution is 6.30. The van der Waals surface area contributed by atoms with Crippen molar-refractivity contribution in [2.24, 2.45) is 0 Å². The highest BCUT2D eigenvalue weighted by atomic mass is 35.5. The first-order valence-electron chi connectivity index (χ1n) is 6.76. The minimum atomic E-state index is -0.762. The van der Waals surface area contributed by atoms with Crippen molar-refractivity contribution in [2.45, 2.75) is 6.23 Å². The third-order valence-electron chi connectivity index (χ3n) is 3.53. The molecular weight excluding hydrogens is 322 g/mol. The van der Waals surface area contributed by atoms with Gasteiger partial charge >= 0.3 is 5.97 Å². The lowest BCUT2D eigenvalue weighted by Gasteiger charge is -2.16. The van der Waals surface area contributed by atoms with Gasteiger partial charge in [-0.15, -0.1) is 0 Å². The summed E-state index contributed by atoms with van der Waals surface area (Å²) in [5.74, 6) is 0.221. The predicted octanol–water partition coefficient (Wildman–Crippen LogP) is 3.34. The van der Waals surface area contributed by atoms with E-state index in [0.29, 0.717) is 33.3 Å². The fraction of sp³-hybridized carbons (Fsp3) is 0.188. The molecule has 0 fully saturated rings. The molecule has 0 unspecified atom stereocenters. The maximum atomic E-state index is 12.2. The monoisotopic (exact) mass is 335 g/mol. The van der Waals surface area contributed by atoms with E-state index in [0.717, 1.165) is 0 Å². The number of esters is 1. The smallest absolute Gasteiger partial charge is 0.344 e. The third kappa shape index (κ3) is 2.61. The Labute approximate surface area is 137 Å². The Morgan fingerprint density at radius 3 is 2.70 bits per heavy atom. The number of carbonyl (C=O) groups is 1. The van der Waals surface area contributed by atoms with Crippen LogP contribution in [0.1, 0.15) is 22.1 Å². The van der Waals surface area contributed by atoms with Crippen LogP contribution in [0.4, 0.5) is 5.69 Å². The topological polar surface area (TPSA) is 77.0 Å². The van der Waals surface area contributed by atoms with Gasteiger partial charge in [0, 0.05) is 10.6 Å². The Bertz CT molecular complexity index is 777. The number of halogens is 1. The Kier molecular flexibility index (Phi) is 3.92. The number of hydrogen-bond donors (Lipinski definition) is 2. The number of aromatic hydroxyl groups is 1. The average molecular weight is 336 g/mol. The van der Waals surface area contributed by atoms with Gasteiger partial charge in [0.15, 0.2) is 11.5 Å². The van der Waals surface area contributed by atoms with Gasteiger partial charge in [-0.3, -0.25) is 0 Å². The number of cyclic esters (lactones) is 1. The molecule has 1 heterocycles. The number of methoxy groups -OCH3 is 2. The first-order chi connectivity index (χ1) is 11.0. The Morgan fingerprint density at radius 1 is 1.22 bits per heavy atom. The van der Waals surface area contributed by atoms with Gasteiger partial charge in [-0.2, -0.15) is 0 Å². The van der Waals surface area contributed by atoms with Crippen LogP contribution in [0.5, 0.6) is 17.2 Å². The molecule has 2 N–H and O–H groups in total. The fourth-order valence-corrected chi connectivity index (χ4v) is 2.65. The number of rotatable bonds is 4. The summed E-state index contributed by atoms with van der Waals surface area (Å²) in [6.07, 6.45) is -0.762. The molecule has 2 aromatic rings. The van der Waals surface area contributed by atoms with Crippen LogP contribution in [0.3, 0.4) is 0 Å². The molecule has 120 valence electrons. The summed E-state index contributed by atoms with van der Waals surface area (Å²) in [5, 5.41) is 13.3. The predicted molar refractivity (Wildman–Crippen MR) is 84.4 cm³/mol. The van der Waals surface area contributed by atoms with Crippen LogP contribution >= 0.6 is 11.6 Å². The molecule has 0 saturated heterocycles. The first-order valence-corrected chi connectivity index (χ1v) is 7.14. The van der Waals surface area contributed by atoms with E-state index in [1.807, 2.05) is 0 Å². The van der Waals surface area contributed by atoms with Gasteiger partial charge in [-0.25, -0.2) is 4.79 Å². The first kappa shape index (κ1) is 15.3. The zero-order valence-corrected chi connectivity index (χ0v) is 13.2. The number of nitrogens with one attached hydrogen (secondary N) is 1. The second-order valence-electron chi connectivity index (χ2n) is 4.86. The van der Waals surface area contributed by atoms with Gasteiger partial charge in [-0.1, -0.05) is 11.6 Å². The molecule has 6 nitrogen and oxygen atoms in total. The SMILES string of the molecule is COc1ccc2c(c1OC)C(=O)O[C@H]2Nc1cc(Cl)ccc1O. The number of fused-ring (bicyclic) bond motifs is 1. The van der Waals surface area contributed by atoms with E-state index in [-0.39, 0.29) is 5.75 Å². The second-order valence-corrected chi connectivity index (χ2v) is 5.29.